The maximum atomic E-state index is 12.5. The second-order valence-electron chi connectivity index (χ2n) is 5.51. The van der Waals surface area contributed by atoms with Crippen LogP contribution in [0.5, 0.6) is 5.75 Å². The van der Waals surface area contributed by atoms with Gasteiger partial charge in [0.25, 0.3) is 5.69 Å². The summed E-state index contributed by atoms with van der Waals surface area (Å²) in [6, 6.07) is 10.1. The molecule has 0 radical (unpaired) electrons. The number of aryl methyl sites for hydroxylation is 1. The average molecular weight is 374 g/mol. The topological polar surface area (TPSA) is 91.0 Å². The number of alkyl halides is 2. The van der Waals surface area contributed by atoms with Crippen LogP contribution >= 0.6 is 0 Å². The van der Waals surface area contributed by atoms with Crippen molar-refractivity contribution in [2.24, 2.45) is 4.99 Å². The van der Waals surface area contributed by atoms with E-state index in [4.69, 9.17) is 4.74 Å². The van der Waals surface area contributed by atoms with Crippen LogP contribution in [0.15, 0.2) is 53.2 Å². The van der Waals surface area contributed by atoms with Crippen LogP contribution in [0.2, 0.25) is 0 Å². The van der Waals surface area contributed by atoms with Crippen LogP contribution in [-0.4, -0.2) is 23.4 Å². The third-order valence-corrected chi connectivity index (χ3v) is 3.69. The number of rotatable bonds is 5. The fourth-order valence-electron chi connectivity index (χ4n) is 2.48. The number of cyclic esters (lactones) is 1. The summed E-state index contributed by atoms with van der Waals surface area (Å²) < 4.78 is 34.5. The Morgan fingerprint density at radius 3 is 2.67 bits per heavy atom. The van der Waals surface area contributed by atoms with Gasteiger partial charge in [-0.3, -0.25) is 10.1 Å². The highest BCUT2D eigenvalue weighted by Gasteiger charge is 2.25. The minimum atomic E-state index is -3.01. The van der Waals surface area contributed by atoms with Crippen LogP contribution in [0, 0.1) is 17.0 Å². The van der Waals surface area contributed by atoms with Crippen molar-refractivity contribution in [1.82, 2.24) is 0 Å². The lowest BCUT2D eigenvalue weighted by Gasteiger charge is -2.07. The molecule has 0 unspecified atom stereocenters. The number of carbonyl (C=O) groups excluding carboxylic acids is 1. The molecule has 9 heteroatoms. The van der Waals surface area contributed by atoms with E-state index >= 15 is 0 Å². The van der Waals surface area contributed by atoms with E-state index in [1.54, 1.807) is 13.0 Å². The van der Waals surface area contributed by atoms with E-state index in [1.807, 2.05) is 0 Å². The fourth-order valence-corrected chi connectivity index (χ4v) is 2.48. The molecule has 1 heterocycles. The predicted molar refractivity (Wildman–Crippen MR) is 91.5 cm³/mol. The van der Waals surface area contributed by atoms with Crippen molar-refractivity contribution in [3.63, 3.8) is 0 Å². The summed E-state index contributed by atoms with van der Waals surface area (Å²) in [7, 11) is 0. The zero-order valence-corrected chi connectivity index (χ0v) is 13.9. The monoisotopic (exact) mass is 374 g/mol. The molecule has 0 N–H and O–H groups in total. The molecular weight excluding hydrogens is 362 g/mol. The molecule has 1 aliphatic rings. The molecule has 0 saturated carbocycles. The van der Waals surface area contributed by atoms with Gasteiger partial charge in [0.2, 0.25) is 5.90 Å². The molecule has 138 valence electrons. The number of benzene rings is 2. The number of carbonyl (C=O) groups is 1. The van der Waals surface area contributed by atoms with Crippen molar-refractivity contribution in [2.45, 2.75) is 13.5 Å². The van der Waals surface area contributed by atoms with Crippen LogP contribution in [0.25, 0.3) is 6.08 Å². The fraction of sp³-hybridized carbons (Fsp3) is 0.111. The second-order valence-corrected chi connectivity index (χ2v) is 5.51. The smallest absolute Gasteiger partial charge is 0.387 e. The molecule has 0 atom stereocenters. The molecule has 0 aliphatic carbocycles. The van der Waals surface area contributed by atoms with Gasteiger partial charge in [0.15, 0.2) is 5.70 Å². The van der Waals surface area contributed by atoms with Crippen molar-refractivity contribution in [3.05, 3.63) is 75.0 Å². The normalized spacial score (nSPS) is 15.0. The molecule has 27 heavy (non-hydrogen) atoms. The van der Waals surface area contributed by atoms with Gasteiger partial charge >= 0.3 is 12.6 Å². The molecule has 0 spiro atoms. The van der Waals surface area contributed by atoms with Crippen molar-refractivity contribution >= 4 is 23.6 Å². The maximum absolute atomic E-state index is 12.5. The number of nitrogens with zero attached hydrogens (tertiary/aromatic N) is 2. The molecule has 0 aromatic heterocycles. The maximum Gasteiger partial charge on any atom is 0.387 e. The van der Waals surface area contributed by atoms with Gasteiger partial charge in [0, 0.05) is 22.8 Å². The largest absolute Gasteiger partial charge is 0.434 e. The van der Waals surface area contributed by atoms with Crippen molar-refractivity contribution in [2.75, 3.05) is 0 Å². The predicted octanol–water partition coefficient (Wildman–Crippen LogP) is 3.85. The number of esters is 1. The van der Waals surface area contributed by atoms with E-state index < -0.39 is 17.5 Å². The van der Waals surface area contributed by atoms with Gasteiger partial charge in [-0.25, -0.2) is 9.79 Å². The molecule has 2 aromatic rings. The third-order valence-electron chi connectivity index (χ3n) is 3.69. The lowest BCUT2D eigenvalue weighted by atomic mass is 10.1. The van der Waals surface area contributed by atoms with Crippen LogP contribution in [0.3, 0.4) is 0 Å². The number of halogens is 2. The van der Waals surface area contributed by atoms with E-state index in [0.29, 0.717) is 11.1 Å². The highest BCUT2D eigenvalue weighted by molar-refractivity contribution is 6.13. The Bertz CT molecular complexity index is 985. The Hall–Kier alpha value is -3.62. The average Bonchev–Trinajstić information content (AvgIpc) is 2.96. The van der Waals surface area contributed by atoms with E-state index in [1.165, 1.54) is 42.5 Å². The summed E-state index contributed by atoms with van der Waals surface area (Å²) >= 11 is 0. The zero-order chi connectivity index (χ0) is 19.6. The quantitative estimate of drug-likeness (QED) is 0.343. The first-order valence-electron chi connectivity index (χ1n) is 7.67. The zero-order valence-electron chi connectivity index (χ0n) is 13.9. The highest BCUT2D eigenvalue weighted by atomic mass is 19.3. The van der Waals surface area contributed by atoms with Gasteiger partial charge in [-0.2, -0.15) is 8.78 Å². The minimum Gasteiger partial charge on any atom is -0.434 e. The Morgan fingerprint density at radius 1 is 1.26 bits per heavy atom. The highest BCUT2D eigenvalue weighted by Crippen LogP contribution is 2.27. The van der Waals surface area contributed by atoms with E-state index in [2.05, 4.69) is 9.73 Å². The summed E-state index contributed by atoms with van der Waals surface area (Å²) in [6.07, 6.45) is 1.27. The number of nitro benzene ring substituents is 1. The lowest BCUT2D eigenvalue weighted by molar-refractivity contribution is -0.385. The van der Waals surface area contributed by atoms with E-state index in [0.717, 1.165) is 0 Å². The number of hydrogen-bond donors (Lipinski definition) is 0. The number of ether oxygens (including phenoxy) is 2. The van der Waals surface area contributed by atoms with Crippen molar-refractivity contribution < 1.29 is 28.0 Å². The van der Waals surface area contributed by atoms with E-state index in [-0.39, 0.29) is 28.6 Å². The van der Waals surface area contributed by atoms with Gasteiger partial charge in [-0.05, 0) is 31.2 Å². The van der Waals surface area contributed by atoms with E-state index in [9.17, 15) is 23.7 Å². The van der Waals surface area contributed by atoms with Gasteiger partial charge < -0.3 is 9.47 Å². The van der Waals surface area contributed by atoms with Crippen molar-refractivity contribution in [3.8, 4) is 5.75 Å². The van der Waals surface area contributed by atoms with Crippen LogP contribution in [0.4, 0.5) is 14.5 Å². The second kappa shape index (κ2) is 7.32. The minimum absolute atomic E-state index is 0.0310. The van der Waals surface area contributed by atoms with Crippen LogP contribution < -0.4 is 4.74 Å². The van der Waals surface area contributed by atoms with Gasteiger partial charge in [0.05, 0.1) is 4.92 Å². The Morgan fingerprint density at radius 2 is 2.00 bits per heavy atom. The van der Waals surface area contributed by atoms with Crippen LogP contribution in [0.1, 0.15) is 16.7 Å². The van der Waals surface area contributed by atoms with Crippen molar-refractivity contribution in [1.29, 1.82) is 0 Å². The summed E-state index contributed by atoms with van der Waals surface area (Å²) in [5.74, 6) is -0.910. The summed E-state index contributed by atoms with van der Waals surface area (Å²) in [4.78, 5) is 26.5. The first-order chi connectivity index (χ1) is 12.8. The Balaban J connectivity index is 1.94. The molecular formula is C18H12F2N2O5. The SMILES string of the molecule is Cc1cc(C2=N/C(=C/c3ccccc3OC(F)F)C(=O)O2)ccc1[N+](=O)[O-]. The Kier molecular flexibility index (Phi) is 4.93. The molecule has 7 nitrogen and oxygen atoms in total. The molecule has 0 bridgehead atoms. The number of hydrogen-bond acceptors (Lipinski definition) is 6. The number of para-hydroxylation sites is 1. The van der Waals surface area contributed by atoms with Gasteiger partial charge in [-0.1, -0.05) is 18.2 Å². The summed E-state index contributed by atoms with van der Waals surface area (Å²) in [6.45, 7) is -1.46. The Labute approximate surface area is 151 Å². The molecule has 0 saturated heterocycles. The number of aliphatic imine (C=N–C) groups is 1. The molecule has 0 fully saturated rings. The standard InChI is InChI=1S/C18H12F2N2O5/c1-10-8-12(6-7-14(10)22(24)25)16-21-13(17(23)27-16)9-11-4-2-3-5-15(11)26-18(19)20/h2-9,18H,1H3/b13-9+. The summed E-state index contributed by atoms with van der Waals surface area (Å²) in [5.41, 5.74) is 0.815. The molecule has 0 amide bonds. The van der Waals surface area contributed by atoms with Crippen LogP contribution in [-0.2, 0) is 9.53 Å². The first kappa shape index (κ1) is 18.2. The first-order valence-corrected chi connectivity index (χ1v) is 7.67. The molecule has 1 aliphatic heterocycles. The van der Waals surface area contributed by atoms with Gasteiger partial charge in [0.1, 0.15) is 5.75 Å². The summed E-state index contributed by atoms with van der Waals surface area (Å²) in [5, 5.41) is 10.9. The number of nitro groups is 1. The lowest BCUT2D eigenvalue weighted by Crippen LogP contribution is -2.06. The molecule has 3 rings (SSSR count). The molecule has 2 aromatic carbocycles. The van der Waals surface area contributed by atoms with Gasteiger partial charge in [-0.15, -0.1) is 0 Å². The third kappa shape index (κ3) is 3.97.